The molecule has 0 radical (unpaired) electrons. The van der Waals surface area contributed by atoms with Crippen LogP contribution in [-0.4, -0.2) is 90.1 Å². The molecule has 0 saturated heterocycles. The molecule has 13 nitrogen and oxygen atoms in total. The summed E-state index contributed by atoms with van der Waals surface area (Å²) in [5.74, 6) is -2.09. The molecule has 6 atom stereocenters. The molecule has 0 aliphatic carbocycles. The van der Waals surface area contributed by atoms with Gasteiger partial charge in [0.25, 0.3) is 0 Å². The lowest BCUT2D eigenvalue weighted by Gasteiger charge is -2.24. The van der Waals surface area contributed by atoms with Crippen molar-refractivity contribution >= 4 is 57.8 Å². The summed E-state index contributed by atoms with van der Waals surface area (Å²) in [5, 5.41) is 20.1. The van der Waals surface area contributed by atoms with Gasteiger partial charge in [-0.1, -0.05) is 54.0 Å². The second-order valence-electron chi connectivity index (χ2n) is 9.43. The normalized spacial score (nSPS) is 15.3. The van der Waals surface area contributed by atoms with Gasteiger partial charge in [0, 0.05) is 17.9 Å². The van der Waals surface area contributed by atoms with Gasteiger partial charge in [-0.3, -0.25) is 19.2 Å². The number of likely N-dealkylation sites (N-methyl/N-ethyl adjacent to an activating group) is 1. The molecule has 228 valence electrons. The Morgan fingerprint density at radius 2 is 1.54 bits per heavy atom. The van der Waals surface area contributed by atoms with Gasteiger partial charge in [0.05, 0.1) is 30.6 Å². The number of hydrogen-bond donors (Lipinski definition) is 7. The largest absolute Gasteiger partial charge is 0.508 e. The van der Waals surface area contributed by atoms with Crippen molar-refractivity contribution in [2.75, 3.05) is 18.6 Å². The third-order valence-electron chi connectivity index (χ3n) is 6.20. The highest BCUT2D eigenvalue weighted by Crippen LogP contribution is 2.22. The number of carbonyl (C=O) groups excluding carboxylic acids is 6. The van der Waals surface area contributed by atoms with Crippen LogP contribution in [0, 0.1) is 5.92 Å². The maximum Gasteiger partial charge on any atom is 0.243 e. The molecule has 4 amide bonds. The predicted octanol–water partition coefficient (Wildman–Crippen LogP) is -0.995. The molecular formula is C26H40N6O7S2. The van der Waals surface area contributed by atoms with Crippen LogP contribution >= 0.6 is 21.6 Å². The van der Waals surface area contributed by atoms with Crippen molar-refractivity contribution in [1.29, 1.82) is 0 Å². The quantitative estimate of drug-likeness (QED) is 0.0538. The van der Waals surface area contributed by atoms with Gasteiger partial charge >= 0.3 is 0 Å². The van der Waals surface area contributed by atoms with Crippen LogP contribution in [0.25, 0.3) is 0 Å². The van der Waals surface area contributed by atoms with E-state index in [0.29, 0.717) is 24.6 Å². The number of rotatable bonds is 20. The first-order valence-electron chi connectivity index (χ1n) is 13.0. The van der Waals surface area contributed by atoms with Crippen molar-refractivity contribution in [3.05, 3.63) is 29.8 Å². The Hall–Kier alpha value is -3.14. The number of primary amides is 1. The van der Waals surface area contributed by atoms with E-state index < -0.39 is 53.8 Å². The fourth-order valence-electron chi connectivity index (χ4n) is 3.43. The highest BCUT2D eigenvalue weighted by molar-refractivity contribution is 8.76. The summed E-state index contributed by atoms with van der Waals surface area (Å²) in [5.41, 5.74) is 11.9. The van der Waals surface area contributed by atoms with E-state index in [0.717, 1.165) is 0 Å². The van der Waals surface area contributed by atoms with E-state index in [1.54, 1.807) is 12.1 Å². The number of aromatic hydroxyl groups is 1. The van der Waals surface area contributed by atoms with Crippen molar-refractivity contribution in [3.8, 4) is 5.75 Å². The highest BCUT2D eigenvalue weighted by Gasteiger charge is 2.28. The Kier molecular flexibility index (Phi) is 16.7. The summed E-state index contributed by atoms with van der Waals surface area (Å²) < 4.78 is 0. The molecule has 0 fully saturated rings. The summed E-state index contributed by atoms with van der Waals surface area (Å²) in [6.07, 6.45) is 1.77. The van der Waals surface area contributed by atoms with Gasteiger partial charge in [-0.25, -0.2) is 0 Å². The number of carbonyl (C=O) groups is 6. The van der Waals surface area contributed by atoms with Crippen LogP contribution < -0.4 is 32.7 Å². The van der Waals surface area contributed by atoms with Gasteiger partial charge in [-0.05, 0) is 30.7 Å². The van der Waals surface area contributed by atoms with Crippen LogP contribution in [0.4, 0.5) is 0 Å². The molecule has 15 heteroatoms. The average molecular weight is 613 g/mol. The summed E-state index contributed by atoms with van der Waals surface area (Å²) in [6, 6.07) is 1.69. The van der Waals surface area contributed by atoms with Gasteiger partial charge in [-0.2, -0.15) is 0 Å². The predicted molar refractivity (Wildman–Crippen MR) is 159 cm³/mol. The molecule has 9 N–H and O–H groups in total. The third-order valence-corrected chi connectivity index (χ3v) is 8.67. The highest BCUT2D eigenvalue weighted by atomic mass is 33.1. The maximum absolute atomic E-state index is 13.1. The molecule has 0 spiro atoms. The molecule has 6 unspecified atom stereocenters. The van der Waals surface area contributed by atoms with E-state index in [1.165, 1.54) is 40.8 Å². The fourth-order valence-corrected chi connectivity index (χ4v) is 5.68. The van der Waals surface area contributed by atoms with Crippen molar-refractivity contribution in [2.45, 2.75) is 63.3 Å². The number of nitrogens with two attached hydrogens (primary N) is 2. The van der Waals surface area contributed by atoms with Gasteiger partial charge in [0.1, 0.15) is 24.4 Å². The minimum absolute atomic E-state index is 0.0528. The second-order valence-corrected chi connectivity index (χ2v) is 12.0. The molecule has 1 aromatic carbocycles. The maximum atomic E-state index is 13.1. The molecule has 0 saturated carbocycles. The van der Waals surface area contributed by atoms with E-state index in [1.807, 2.05) is 13.8 Å². The summed E-state index contributed by atoms with van der Waals surface area (Å²) in [4.78, 5) is 72.2. The molecule has 0 aliphatic heterocycles. The van der Waals surface area contributed by atoms with Gasteiger partial charge in [0.15, 0.2) is 0 Å². The van der Waals surface area contributed by atoms with Crippen LogP contribution in [0.3, 0.4) is 0 Å². The Labute approximate surface area is 247 Å². The molecule has 0 aliphatic rings. The zero-order valence-electron chi connectivity index (χ0n) is 23.3. The molecule has 0 aromatic heterocycles. The van der Waals surface area contributed by atoms with Crippen molar-refractivity contribution in [1.82, 2.24) is 21.3 Å². The van der Waals surface area contributed by atoms with Crippen LogP contribution in [0.2, 0.25) is 0 Å². The van der Waals surface area contributed by atoms with Crippen molar-refractivity contribution < 1.29 is 33.9 Å². The van der Waals surface area contributed by atoms with E-state index in [2.05, 4.69) is 21.3 Å². The van der Waals surface area contributed by atoms with Crippen molar-refractivity contribution in [2.24, 2.45) is 17.4 Å². The molecule has 1 rings (SSSR count). The molecule has 41 heavy (non-hydrogen) atoms. The number of hydrogen-bond acceptors (Lipinski definition) is 11. The standard InChI is InChI=1S/C26H40N6O7S2/c1-4-15(2)22(12-34)32-26(39)21(9-16-5-7-18(35)8-6-16)31-24(37)19(27)14-41-40-13-17(11-33)30-25(38)20(29-3)10-23(28)36/h5-8,11-12,15,17,19-22,29,35H,4,9-10,13-14,27H2,1-3H3,(H2,28,36)(H,30,38)(H,31,37)(H,32,39). The lowest BCUT2D eigenvalue weighted by atomic mass is 9.99. The van der Waals surface area contributed by atoms with Gasteiger partial charge < -0.3 is 47.4 Å². The first-order chi connectivity index (χ1) is 19.4. The van der Waals surface area contributed by atoms with Gasteiger partial charge in [0.2, 0.25) is 23.6 Å². The molecule has 1 aromatic rings. The summed E-state index contributed by atoms with van der Waals surface area (Å²) in [7, 11) is 3.91. The Morgan fingerprint density at radius 1 is 0.927 bits per heavy atom. The van der Waals surface area contributed by atoms with E-state index in [4.69, 9.17) is 11.5 Å². The minimum Gasteiger partial charge on any atom is -0.508 e. The number of amides is 4. The SMILES string of the molecule is CCC(C)C(C=O)NC(=O)C(Cc1ccc(O)cc1)NC(=O)C(N)CSSCC(C=O)NC(=O)C(CC(N)=O)NC. The first-order valence-corrected chi connectivity index (χ1v) is 15.5. The number of nitrogens with one attached hydrogen (secondary N) is 4. The molecular weight excluding hydrogens is 572 g/mol. The van der Waals surface area contributed by atoms with E-state index in [9.17, 15) is 33.9 Å². The summed E-state index contributed by atoms with van der Waals surface area (Å²) >= 11 is 0. The molecule has 0 bridgehead atoms. The van der Waals surface area contributed by atoms with E-state index >= 15 is 0 Å². The van der Waals surface area contributed by atoms with E-state index in [-0.39, 0.29) is 36.0 Å². The first kappa shape index (κ1) is 35.9. The minimum atomic E-state index is -1.03. The van der Waals surface area contributed by atoms with Gasteiger partial charge in [-0.15, -0.1) is 0 Å². The lowest BCUT2D eigenvalue weighted by Crippen LogP contribution is -2.55. The topological polar surface area (TPSA) is 223 Å². The smallest absolute Gasteiger partial charge is 0.243 e. The van der Waals surface area contributed by atoms with Crippen LogP contribution in [0.1, 0.15) is 32.3 Å². The van der Waals surface area contributed by atoms with Crippen LogP contribution in [0.15, 0.2) is 24.3 Å². The average Bonchev–Trinajstić information content (AvgIpc) is 2.95. The third kappa shape index (κ3) is 13.4. The zero-order valence-corrected chi connectivity index (χ0v) is 25.0. The van der Waals surface area contributed by atoms with Crippen molar-refractivity contribution in [3.63, 3.8) is 0 Å². The Balaban J connectivity index is 2.73. The Bertz CT molecular complexity index is 1030. The Morgan fingerprint density at radius 3 is 2.07 bits per heavy atom. The second kappa shape index (κ2) is 19.1. The number of benzene rings is 1. The number of aldehydes is 2. The number of phenolic OH excluding ortho intramolecular Hbond substituents is 1. The number of phenols is 1. The molecule has 0 heterocycles. The zero-order chi connectivity index (χ0) is 30.9. The lowest BCUT2D eigenvalue weighted by molar-refractivity contribution is -0.130. The van der Waals surface area contributed by atoms with Crippen LogP contribution in [0.5, 0.6) is 5.75 Å². The summed E-state index contributed by atoms with van der Waals surface area (Å²) in [6.45, 7) is 3.73. The van der Waals surface area contributed by atoms with Crippen LogP contribution in [-0.2, 0) is 35.2 Å². The monoisotopic (exact) mass is 612 g/mol. The fraction of sp³-hybridized carbons (Fsp3) is 0.538.